The number of hydrogen-bond acceptors (Lipinski definition) is 2. The highest BCUT2D eigenvalue weighted by Gasteiger charge is 2.13. The summed E-state index contributed by atoms with van der Waals surface area (Å²) in [5.41, 5.74) is 1.43. The molecule has 0 fully saturated rings. The zero-order valence-electron chi connectivity index (χ0n) is 11.4. The van der Waals surface area contributed by atoms with Crippen molar-refractivity contribution >= 4 is 23.2 Å². The van der Waals surface area contributed by atoms with Crippen molar-refractivity contribution in [2.24, 2.45) is 5.92 Å². The van der Waals surface area contributed by atoms with Gasteiger partial charge in [0.25, 0.3) is 5.91 Å². The molecule has 1 rings (SSSR count). The highest BCUT2D eigenvalue weighted by Crippen LogP contribution is 2.22. The van der Waals surface area contributed by atoms with Crippen molar-refractivity contribution in [1.82, 2.24) is 5.32 Å². The number of nitrogens with one attached hydrogen (secondary N) is 2. The van der Waals surface area contributed by atoms with E-state index >= 15 is 0 Å². The van der Waals surface area contributed by atoms with Crippen LogP contribution in [0.15, 0.2) is 18.2 Å². The molecule has 0 heterocycles. The van der Waals surface area contributed by atoms with Crippen LogP contribution in [0.4, 0.5) is 5.69 Å². The summed E-state index contributed by atoms with van der Waals surface area (Å²) < 4.78 is 0. The van der Waals surface area contributed by atoms with E-state index in [-0.39, 0.29) is 5.91 Å². The molecule has 0 saturated heterocycles. The number of halogens is 1. The van der Waals surface area contributed by atoms with Gasteiger partial charge in [0.1, 0.15) is 0 Å². The molecule has 1 aromatic rings. The summed E-state index contributed by atoms with van der Waals surface area (Å²) in [5, 5.41) is 6.49. The zero-order valence-corrected chi connectivity index (χ0v) is 12.1. The number of carbonyl (C=O) groups excluding carboxylic acids is 1. The van der Waals surface area contributed by atoms with Crippen LogP contribution in [-0.2, 0) is 0 Å². The van der Waals surface area contributed by atoms with Gasteiger partial charge in [-0.15, -0.1) is 0 Å². The maximum Gasteiger partial charge on any atom is 0.252 e. The Kier molecular flexibility index (Phi) is 5.48. The lowest BCUT2D eigenvalue weighted by Crippen LogP contribution is -2.25. The number of rotatable bonds is 5. The van der Waals surface area contributed by atoms with E-state index in [1.165, 1.54) is 0 Å². The summed E-state index contributed by atoms with van der Waals surface area (Å²) in [6, 6.07) is 5.84. The SMILES string of the molecule is CCC(Nc1ccc(Cl)c(C(=O)NC)c1)C(C)C. The first-order chi connectivity index (χ1) is 8.49. The third-order valence-corrected chi connectivity index (χ3v) is 3.36. The first-order valence-electron chi connectivity index (χ1n) is 6.27. The average Bonchev–Trinajstić information content (AvgIpc) is 2.36. The predicted octanol–water partition coefficient (Wildman–Crippen LogP) is 3.55. The third kappa shape index (κ3) is 3.64. The average molecular weight is 269 g/mol. The monoisotopic (exact) mass is 268 g/mol. The lowest BCUT2D eigenvalue weighted by molar-refractivity contribution is 0.0963. The molecule has 0 aromatic heterocycles. The Hall–Kier alpha value is -1.22. The molecule has 4 heteroatoms. The first kappa shape index (κ1) is 14.8. The smallest absolute Gasteiger partial charge is 0.252 e. The second-order valence-corrected chi connectivity index (χ2v) is 5.08. The predicted molar refractivity (Wildman–Crippen MR) is 77.4 cm³/mol. The summed E-state index contributed by atoms with van der Waals surface area (Å²) in [5.74, 6) is 0.371. The Morgan fingerprint density at radius 2 is 2.06 bits per heavy atom. The van der Waals surface area contributed by atoms with E-state index in [0.717, 1.165) is 12.1 Å². The van der Waals surface area contributed by atoms with E-state index in [2.05, 4.69) is 31.4 Å². The molecule has 0 radical (unpaired) electrons. The van der Waals surface area contributed by atoms with Gasteiger partial charge < -0.3 is 10.6 Å². The molecule has 18 heavy (non-hydrogen) atoms. The van der Waals surface area contributed by atoms with Gasteiger partial charge in [-0.1, -0.05) is 32.4 Å². The van der Waals surface area contributed by atoms with Crippen LogP contribution in [-0.4, -0.2) is 19.0 Å². The van der Waals surface area contributed by atoms with Crippen LogP contribution in [0.25, 0.3) is 0 Å². The molecule has 0 aliphatic rings. The van der Waals surface area contributed by atoms with Crippen LogP contribution in [0.1, 0.15) is 37.6 Å². The minimum absolute atomic E-state index is 0.166. The molecule has 0 saturated carbocycles. The summed E-state index contributed by atoms with van der Waals surface area (Å²) >= 11 is 6.01. The molecular weight excluding hydrogens is 248 g/mol. The number of hydrogen-bond donors (Lipinski definition) is 2. The van der Waals surface area contributed by atoms with Gasteiger partial charge >= 0.3 is 0 Å². The number of benzene rings is 1. The van der Waals surface area contributed by atoms with Gasteiger partial charge in [-0.25, -0.2) is 0 Å². The van der Waals surface area contributed by atoms with Gasteiger partial charge in [0.05, 0.1) is 10.6 Å². The minimum Gasteiger partial charge on any atom is -0.382 e. The Balaban J connectivity index is 2.94. The maximum absolute atomic E-state index is 11.7. The van der Waals surface area contributed by atoms with E-state index in [1.54, 1.807) is 19.2 Å². The van der Waals surface area contributed by atoms with Crippen LogP contribution in [0.5, 0.6) is 0 Å². The zero-order chi connectivity index (χ0) is 13.7. The Labute approximate surface area is 114 Å². The summed E-state index contributed by atoms with van der Waals surface area (Å²) in [4.78, 5) is 11.7. The second kappa shape index (κ2) is 6.64. The van der Waals surface area contributed by atoms with E-state index < -0.39 is 0 Å². The van der Waals surface area contributed by atoms with Crippen molar-refractivity contribution < 1.29 is 4.79 Å². The van der Waals surface area contributed by atoms with Gasteiger partial charge in [-0.3, -0.25) is 4.79 Å². The third-order valence-electron chi connectivity index (χ3n) is 3.03. The van der Waals surface area contributed by atoms with Crippen LogP contribution in [0.3, 0.4) is 0 Å². The van der Waals surface area contributed by atoms with Crippen molar-refractivity contribution in [3.63, 3.8) is 0 Å². The molecule has 0 aliphatic heterocycles. The molecule has 1 aromatic carbocycles. The molecule has 2 N–H and O–H groups in total. The van der Waals surface area contributed by atoms with E-state index in [0.29, 0.717) is 22.5 Å². The molecule has 0 spiro atoms. The molecule has 1 atom stereocenters. The van der Waals surface area contributed by atoms with Gasteiger partial charge in [-0.2, -0.15) is 0 Å². The topological polar surface area (TPSA) is 41.1 Å². The fourth-order valence-electron chi connectivity index (χ4n) is 1.88. The maximum atomic E-state index is 11.7. The van der Waals surface area contributed by atoms with Crippen molar-refractivity contribution in [2.45, 2.75) is 33.2 Å². The summed E-state index contributed by atoms with van der Waals surface area (Å²) in [6.45, 7) is 6.50. The Morgan fingerprint density at radius 3 is 2.56 bits per heavy atom. The fraction of sp³-hybridized carbons (Fsp3) is 0.500. The van der Waals surface area contributed by atoms with Crippen molar-refractivity contribution in [2.75, 3.05) is 12.4 Å². The van der Waals surface area contributed by atoms with E-state index in [9.17, 15) is 4.79 Å². The number of amides is 1. The van der Waals surface area contributed by atoms with Crippen LogP contribution in [0.2, 0.25) is 5.02 Å². The normalized spacial score (nSPS) is 12.3. The first-order valence-corrected chi connectivity index (χ1v) is 6.65. The summed E-state index contributed by atoms with van der Waals surface area (Å²) in [6.07, 6.45) is 1.04. The lowest BCUT2D eigenvalue weighted by Gasteiger charge is -2.22. The highest BCUT2D eigenvalue weighted by molar-refractivity contribution is 6.34. The van der Waals surface area contributed by atoms with Gasteiger partial charge in [0, 0.05) is 18.8 Å². The molecule has 3 nitrogen and oxygen atoms in total. The highest BCUT2D eigenvalue weighted by atomic mass is 35.5. The summed E-state index contributed by atoms with van der Waals surface area (Å²) in [7, 11) is 1.60. The molecular formula is C14H21ClN2O. The van der Waals surface area contributed by atoms with E-state index in [4.69, 9.17) is 11.6 Å². The molecule has 0 bridgehead atoms. The standard InChI is InChI=1S/C14H21ClN2O/c1-5-13(9(2)3)17-10-6-7-12(15)11(8-10)14(18)16-4/h6-9,13,17H,5H2,1-4H3,(H,16,18). The second-order valence-electron chi connectivity index (χ2n) is 4.68. The van der Waals surface area contributed by atoms with Gasteiger partial charge in [0.15, 0.2) is 0 Å². The van der Waals surface area contributed by atoms with Crippen molar-refractivity contribution in [3.05, 3.63) is 28.8 Å². The lowest BCUT2D eigenvalue weighted by atomic mass is 10.0. The molecule has 0 aliphatic carbocycles. The van der Waals surface area contributed by atoms with Gasteiger partial charge in [-0.05, 0) is 30.5 Å². The van der Waals surface area contributed by atoms with Crippen LogP contribution in [0, 0.1) is 5.92 Å². The Bertz CT molecular complexity index is 418. The molecule has 1 unspecified atom stereocenters. The molecule has 1 amide bonds. The van der Waals surface area contributed by atoms with E-state index in [1.807, 2.05) is 6.07 Å². The van der Waals surface area contributed by atoms with Crippen LogP contribution < -0.4 is 10.6 Å². The molecule has 100 valence electrons. The quantitative estimate of drug-likeness (QED) is 0.858. The van der Waals surface area contributed by atoms with Crippen LogP contribution >= 0.6 is 11.6 Å². The Morgan fingerprint density at radius 1 is 1.39 bits per heavy atom. The van der Waals surface area contributed by atoms with Crippen molar-refractivity contribution in [1.29, 1.82) is 0 Å². The number of anilines is 1. The number of carbonyl (C=O) groups is 1. The van der Waals surface area contributed by atoms with Gasteiger partial charge in [0.2, 0.25) is 0 Å². The fourth-order valence-corrected chi connectivity index (χ4v) is 2.08. The minimum atomic E-state index is -0.166. The largest absolute Gasteiger partial charge is 0.382 e. The van der Waals surface area contributed by atoms with Crippen molar-refractivity contribution in [3.8, 4) is 0 Å².